The summed E-state index contributed by atoms with van der Waals surface area (Å²) in [5.41, 5.74) is -0.147. The van der Waals surface area contributed by atoms with Crippen molar-refractivity contribution in [2.45, 2.75) is 32.4 Å². The predicted octanol–water partition coefficient (Wildman–Crippen LogP) is 3.69. The Bertz CT molecular complexity index is 476. The Labute approximate surface area is 124 Å². The molecule has 0 saturated carbocycles. The number of nitrogens with zero attached hydrogens (tertiary/aromatic N) is 1. The van der Waals surface area contributed by atoms with E-state index in [9.17, 15) is 9.18 Å². The Morgan fingerprint density at radius 1 is 1.35 bits per heavy atom. The molecule has 1 aliphatic rings. The minimum atomic E-state index is -1.11. The van der Waals surface area contributed by atoms with Gasteiger partial charge in [0.25, 0.3) is 0 Å². The van der Waals surface area contributed by atoms with Crippen molar-refractivity contribution in [2.75, 3.05) is 19.6 Å². The van der Waals surface area contributed by atoms with Gasteiger partial charge in [-0.15, -0.1) is 0 Å². The average Bonchev–Trinajstić information content (AvgIpc) is 2.33. The average molecular weight is 298 g/mol. The van der Waals surface area contributed by atoms with Crippen molar-refractivity contribution in [1.29, 1.82) is 0 Å². The highest BCUT2D eigenvalue weighted by atomic mass is 35.5. The highest BCUT2D eigenvalue weighted by molar-refractivity contribution is 6.30. The van der Waals surface area contributed by atoms with Crippen LogP contribution in [0, 0.1) is 5.92 Å². The van der Waals surface area contributed by atoms with E-state index in [-0.39, 0.29) is 17.6 Å². The number of alkyl halides is 1. The van der Waals surface area contributed by atoms with Crippen molar-refractivity contribution >= 4 is 17.4 Å². The fourth-order valence-corrected chi connectivity index (χ4v) is 2.86. The van der Waals surface area contributed by atoms with Gasteiger partial charge in [-0.2, -0.15) is 0 Å². The minimum absolute atomic E-state index is 0.0336. The van der Waals surface area contributed by atoms with E-state index in [0.29, 0.717) is 24.7 Å². The van der Waals surface area contributed by atoms with Crippen LogP contribution in [0.15, 0.2) is 24.3 Å². The molecule has 0 amide bonds. The summed E-state index contributed by atoms with van der Waals surface area (Å²) in [7, 11) is 0. The Morgan fingerprint density at radius 2 is 1.90 bits per heavy atom. The molecule has 1 fully saturated rings. The molecule has 0 aliphatic carbocycles. The van der Waals surface area contributed by atoms with Crippen LogP contribution in [0.3, 0.4) is 0 Å². The molecule has 1 heterocycles. The van der Waals surface area contributed by atoms with E-state index < -0.39 is 5.67 Å². The second kappa shape index (κ2) is 5.82. The van der Waals surface area contributed by atoms with Crippen molar-refractivity contribution in [1.82, 2.24) is 4.90 Å². The summed E-state index contributed by atoms with van der Waals surface area (Å²) in [5.74, 6) is -0.0446. The van der Waals surface area contributed by atoms with Gasteiger partial charge in [0.05, 0.1) is 5.92 Å². The van der Waals surface area contributed by atoms with E-state index in [1.165, 1.54) is 0 Å². The van der Waals surface area contributed by atoms with E-state index in [1.807, 2.05) is 30.9 Å². The Hall–Kier alpha value is -0.930. The largest absolute Gasteiger partial charge is 0.299 e. The third-order valence-electron chi connectivity index (χ3n) is 3.73. The molecule has 1 atom stereocenters. The van der Waals surface area contributed by atoms with Gasteiger partial charge in [-0.3, -0.25) is 9.69 Å². The monoisotopic (exact) mass is 297 g/mol. The molecular weight excluding hydrogens is 277 g/mol. The molecule has 2 rings (SSSR count). The molecule has 0 aromatic heterocycles. The fraction of sp³-hybridized carbons (Fsp3) is 0.562. The van der Waals surface area contributed by atoms with Crippen LogP contribution in [-0.2, 0) is 4.79 Å². The summed E-state index contributed by atoms with van der Waals surface area (Å²) in [6.45, 7) is 6.80. The quantitative estimate of drug-likeness (QED) is 0.826. The van der Waals surface area contributed by atoms with Gasteiger partial charge in [-0.05, 0) is 24.6 Å². The summed E-state index contributed by atoms with van der Waals surface area (Å²) in [4.78, 5) is 14.4. The molecule has 0 radical (unpaired) electrons. The molecule has 0 N–H and O–H groups in total. The summed E-state index contributed by atoms with van der Waals surface area (Å²) in [5, 5.41) is 0.657. The maximum absolute atomic E-state index is 13.6. The van der Waals surface area contributed by atoms with Gasteiger partial charge in [0.2, 0.25) is 0 Å². The molecular formula is C16H21ClFNO. The molecule has 20 heavy (non-hydrogen) atoms. The molecule has 1 saturated heterocycles. The molecule has 4 heteroatoms. The van der Waals surface area contributed by atoms with Gasteiger partial charge in [-0.25, -0.2) is 4.39 Å². The Kier molecular flexibility index (Phi) is 4.50. The number of hydrogen-bond donors (Lipinski definition) is 0. The van der Waals surface area contributed by atoms with Crippen LogP contribution in [0.25, 0.3) is 0 Å². The van der Waals surface area contributed by atoms with Gasteiger partial charge in [0, 0.05) is 30.6 Å². The van der Waals surface area contributed by atoms with Crippen LogP contribution in [0.2, 0.25) is 5.02 Å². The van der Waals surface area contributed by atoms with Crippen molar-refractivity contribution in [3.63, 3.8) is 0 Å². The van der Waals surface area contributed by atoms with Gasteiger partial charge in [-0.1, -0.05) is 37.6 Å². The van der Waals surface area contributed by atoms with E-state index >= 15 is 0 Å². The topological polar surface area (TPSA) is 20.3 Å². The number of halogens is 2. The first-order valence-corrected chi connectivity index (χ1v) is 7.37. The zero-order valence-corrected chi connectivity index (χ0v) is 13.0. The zero-order chi connectivity index (χ0) is 14.9. The third kappa shape index (κ3) is 3.58. The van der Waals surface area contributed by atoms with Crippen LogP contribution < -0.4 is 0 Å². The summed E-state index contributed by atoms with van der Waals surface area (Å²) in [6, 6.07) is 7.38. The van der Waals surface area contributed by atoms with Crippen molar-refractivity contribution < 1.29 is 9.18 Å². The van der Waals surface area contributed by atoms with Crippen molar-refractivity contribution in [3.05, 3.63) is 34.9 Å². The highest BCUT2D eigenvalue weighted by Crippen LogP contribution is 2.30. The summed E-state index contributed by atoms with van der Waals surface area (Å²) in [6.07, 6.45) is 0. The number of benzene rings is 1. The lowest BCUT2D eigenvalue weighted by molar-refractivity contribution is -0.125. The van der Waals surface area contributed by atoms with Gasteiger partial charge < -0.3 is 0 Å². The standard InChI is InChI=1S/C16H21ClFNO/c1-11(2)15(20)14(8-19-9-16(3,18)10-19)12-4-6-13(17)7-5-12/h4-7,11,14H,8-10H2,1-3H3. The second-order valence-corrected chi connectivity index (χ2v) is 6.68. The predicted molar refractivity (Wildman–Crippen MR) is 80.0 cm³/mol. The molecule has 1 aromatic carbocycles. The molecule has 1 aromatic rings. The molecule has 0 bridgehead atoms. The molecule has 2 nitrogen and oxygen atoms in total. The molecule has 110 valence electrons. The van der Waals surface area contributed by atoms with Crippen LogP contribution in [0.4, 0.5) is 4.39 Å². The van der Waals surface area contributed by atoms with Crippen molar-refractivity contribution in [3.8, 4) is 0 Å². The van der Waals surface area contributed by atoms with Crippen LogP contribution >= 0.6 is 11.6 Å². The zero-order valence-electron chi connectivity index (χ0n) is 12.2. The molecule has 1 unspecified atom stereocenters. The summed E-state index contributed by atoms with van der Waals surface area (Å²) >= 11 is 5.90. The lowest BCUT2D eigenvalue weighted by atomic mass is 9.86. The highest BCUT2D eigenvalue weighted by Gasteiger charge is 2.40. The van der Waals surface area contributed by atoms with Gasteiger partial charge in [0.1, 0.15) is 11.5 Å². The lowest BCUT2D eigenvalue weighted by Gasteiger charge is -2.43. The molecule has 0 spiro atoms. The smallest absolute Gasteiger partial charge is 0.144 e. The van der Waals surface area contributed by atoms with Gasteiger partial charge >= 0.3 is 0 Å². The van der Waals surface area contributed by atoms with Crippen LogP contribution in [0.1, 0.15) is 32.3 Å². The Morgan fingerprint density at radius 3 is 2.35 bits per heavy atom. The minimum Gasteiger partial charge on any atom is -0.299 e. The SMILES string of the molecule is CC(C)C(=O)C(CN1CC(C)(F)C1)c1ccc(Cl)cc1. The first-order chi connectivity index (χ1) is 9.28. The second-order valence-electron chi connectivity index (χ2n) is 6.24. The van der Waals surface area contributed by atoms with Crippen molar-refractivity contribution in [2.24, 2.45) is 5.92 Å². The first kappa shape index (κ1) is 15.5. The number of rotatable bonds is 5. The number of carbonyl (C=O) groups is 1. The number of hydrogen-bond acceptors (Lipinski definition) is 2. The van der Waals surface area contributed by atoms with E-state index in [2.05, 4.69) is 0 Å². The summed E-state index contributed by atoms with van der Waals surface area (Å²) < 4.78 is 13.6. The van der Waals surface area contributed by atoms with E-state index in [4.69, 9.17) is 11.6 Å². The normalized spacial score (nSPS) is 19.7. The Balaban J connectivity index is 2.13. The van der Waals surface area contributed by atoms with Crippen LogP contribution in [0.5, 0.6) is 0 Å². The maximum atomic E-state index is 13.6. The number of Topliss-reactive ketones (excluding diaryl/α,β-unsaturated/α-hetero) is 1. The first-order valence-electron chi connectivity index (χ1n) is 6.99. The third-order valence-corrected chi connectivity index (χ3v) is 3.98. The number of likely N-dealkylation sites (tertiary alicyclic amines) is 1. The van der Waals surface area contributed by atoms with Gasteiger partial charge in [0.15, 0.2) is 0 Å². The molecule has 1 aliphatic heterocycles. The maximum Gasteiger partial charge on any atom is 0.144 e. The number of carbonyl (C=O) groups excluding carboxylic acids is 1. The van der Waals surface area contributed by atoms with E-state index in [0.717, 1.165) is 5.56 Å². The van der Waals surface area contributed by atoms with E-state index in [1.54, 1.807) is 19.1 Å². The number of ketones is 1. The fourth-order valence-electron chi connectivity index (χ4n) is 2.73. The lowest BCUT2D eigenvalue weighted by Crippen LogP contribution is -2.58. The van der Waals surface area contributed by atoms with Crippen LogP contribution in [-0.4, -0.2) is 36.0 Å².